The van der Waals surface area contributed by atoms with Gasteiger partial charge < -0.3 is 0 Å². The van der Waals surface area contributed by atoms with Crippen molar-refractivity contribution in [2.24, 2.45) is 4.99 Å². The fraction of sp³-hybridized carbons (Fsp3) is 0.800. The van der Waals surface area contributed by atoms with Crippen molar-refractivity contribution in [3.63, 3.8) is 0 Å². The Bertz CT molecular complexity index is 153. The fourth-order valence-corrected chi connectivity index (χ4v) is 0.877. The Hall–Kier alpha value is -0.930. The van der Waals surface area contributed by atoms with Crippen LogP contribution in [-0.4, -0.2) is 23.7 Å². The highest BCUT2D eigenvalue weighted by atomic mass is 16.6. The van der Waals surface area contributed by atoms with Crippen molar-refractivity contribution in [3.8, 4) is 0 Å². The molecule has 1 rings (SSSR count). The lowest BCUT2D eigenvalue weighted by Crippen LogP contribution is -2.10. The monoisotopic (exact) mass is 128 g/mol. The van der Waals surface area contributed by atoms with E-state index in [9.17, 15) is 10.1 Å². The van der Waals surface area contributed by atoms with Gasteiger partial charge in [0.25, 0.3) is 0 Å². The van der Waals surface area contributed by atoms with Crippen LogP contribution in [0.4, 0.5) is 0 Å². The molecule has 0 atom stereocenters. The molecule has 0 fully saturated rings. The van der Waals surface area contributed by atoms with Crippen molar-refractivity contribution < 1.29 is 4.92 Å². The number of nitrogens with zero attached hydrogens (tertiary/aromatic N) is 2. The number of hydrogen-bond donors (Lipinski definition) is 0. The Kier molecular flexibility index (Phi) is 1.77. The van der Waals surface area contributed by atoms with Gasteiger partial charge in [-0.05, 0) is 12.8 Å². The Morgan fingerprint density at radius 2 is 2.56 bits per heavy atom. The molecular weight excluding hydrogens is 120 g/mol. The SMILES string of the molecule is O=[N+]([O-])CC1=NCCC1. The van der Waals surface area contributed by atoms with E-state index in [0.29, 0.717) is 0 Å². The Balaban J connectivity index is 2.35. The van der Waals surface area contributed by atoms with Gasteiger partial charge in [-0.15, -0.1) is 0 Å². The molecule has 0 unspecified atom stereocenters. The fourth-order valence-electron chi connectivity index (χ4n) is 0.877. The van der Waals surface area contributed by atoms with Gasteiger partial charge in [-0.25, -0.2) is 0 Å². The molecule has 0 spiro atoms. The highest BCUT2D eigenvalue weighted by molar-refractivity contribution is 5.86. The van der Waals surface area contributed by atoms with E-state index in [1.165, 1.54) is 0 Å². The molecule has 0 aromatic carbocycles. The van der Waals surface area contributed by atoms with Crippen LogP contribution in [0.2, 0.25) is 0 Å². The van der Waals surface area contributed by atoms with Crippen LogP contribution in [0.5, 0.6) is 0 Å². The van der Waals surface area contributed by atoms with Crippen molar-refractivity contribution in [1.82, 2.24) is 0 Å². The van der Waals surface area contributed by atoms with Crippen LogP contribution < -0.4 is 0 Å². The molecule has 0 aliphatic carbocycles. The minimum Gasteiger partial charge on any atom is -0.287 e. The number of rotatable bonds is 2. The molecule has 1 aliphatic heterocycles. The quantitative estimate of drug-likeness (QED) is 0.401. The summed E-state index contributed by atoms with van der Waals surface area (Å²) in [5, 5.41) is 9.88. The van der Waals surface area contributed by atoms with Crippen molar-refractivity contribution in [2.45, 2.75) is 12.8 Å². The summed E-state index contributed by atoms with van der Waals surface area (Å²) in [6.07, 6.45) is 1.81. The zero-order chi connectivity index (χ0) is 6.69. The second kappa shape index (κ2) is 2.57. The molecule has 0 saturated heterocycles. The van der Waals surface area contributed by atoms with Crippen LogP contribution in [0.25, 0.3) is 0 Å². The molecule has 9 heavy (non-hydrogen) atoms. The maximum atomic E-state index is 9.88. The van der Waals surface area contributed by atoms with Gasteiger partial charge in [-0.2, -0.15) is 0 Å². The molecule has 0 amide bonds. The first kappa shape index (κ1) is 6.19. The van der Waals surface area contributed by atoms with Gasteiger partial charge >= 0.3 is 0 Å². The van der Waals surface area contributed by atoms with Crippen LogP contribution in [0, 0.1) is 10.1 Å². The average Bonchev–Trinajstić information content (AvgIpc) is 2.15. The number of nitro groups is 1. The van der Waals surface area contributed by atoms with Crippen LogP contribution in [0.1, 0.15) is 12.8 Å². The summed E-state index contributed by atoms with van der Waals surface area (Å²) < 4.78 is 0. The second-order valence-electron chi connectivity index (χ2n) is 2.04. The largest absolute Gasteiger partial charge is 0.287 e. The minimum absolute atomic E-state index is 0.0556. The molecule has 0 radical (unpaired) electrons. The molecule has 50 valence electrons. The van der Waals surface area contributed by atoms with Crippen LogP contribution in [0.3, 0.4) is 0 Å². The molecule has 0 N–H and O–H groups in total. The van der Waals surface area contributed by atoms with Crippen LogP contribution in [0.15, 0.2) is 4.99 Å². The molecular formula is C5H8N2O2. The van der Waals surface area contributed by atoms with Gasteiger partial charge in [-0.3, -0.25) is 15.1 Å². The van der Waals surface area contributed by atoms with E-state index in [1.807, 2.05) is 0 Å². The van der Waals surface area contributed by atoms with E-state index in [0.717, 1.165) is 25.1 Å². The summed E-state index contributed by atoms with van der Waals surface area (Å²) in [5.41, 5.74) is 0.750. The van der Waals surface area contributed by atoms with E-state index in [4.69, 9.17) is 0 Å². The first-order chi connectivity index (χ1) is 4.29. The molecule has 4 heteroatoms. The highest BCUT2D eigenvalue weighted by Gasteiger charge is 2.10. The molecule has 1 heterocycles. The van der Waals surface area contributed by atoms with E-state index in [1.54, 1.807) is 0 Å². The third-order valence-corrected chi connectivity index (χ3v) is 1.27. The zero-order valence-electron chi connectivity index (χ0n) is 5.04. The summed E-state index contributed by atoms with van der Waals surface area (Å²) in [6, 6.07) is 0. The van der Waals surface area contributed by atoms with Gasteiger partial charge in [0.05, 0.1) is 5.71 Å². The van der Waals surface area contributed by atoms with E-state index in [-0.39, 0.29) is 11.5 Å². The predicted molar refractivity (Wildman–Crippen MR) is 33.4 cm³/mol. The van der Waals surface area contributed by atoms with Crippen molar-refractivity contribution in [3.05, 3.63) is 10.1 Å². The average molecular weight is 128 g/mol. The smallest absolute Gasteiger partial charge is 0.241 e. The number of aliphatic imine (C=N–C) groups is 1. The van der Waals surface area contributed by atoms with Crippen molar-refractivity contribution in [2.75, 3.05) is 13.1 Å². The minimum atomic E-state index is -0.329. The van der Waals surface area contributed by atoms with Gasteiger partial charge in [0.2, 0.25) is 6.54 Å². The van der Waals surface area contributed by atoms with Crippen LogP contribution >= 0.6 is 0 Å². The normalized spacial score (nSPS) is 17.6. The predicted octanol–water partition coefficient (Wildman–Crippen LogP) is 0.498. The second-order valence-corrected chi connectivity index (χ2v) is 2.04. The molecule has 0 bridgehead atoms. The third-order valence-electron chi connectivity index (χ3n) is 1.27. The van der Waals surface area contributed by atoms with E-state index < -0.39 is 0 Å². The Morgan fingerprint density at radius 1 is 1.78 bits per heavy atom. The van der Waals surface area contributed by atoms with Gasteiger partial charge in [0.1, 0.15) is 0 Å². The lowest BCUT2D eigenvalue weighted by Gasteiger charge is -1.88. The van der Waals surface area contributed by atoms with Crippen molar-refractivity contribution in [1.29, 1.82) is 0 Å². The van der Waals surface area contributed by atoms with Crippen molar-refractivity contribution >= 4 is 5.71 Å². The van der Waals surface area contributed by atoms with Gasteiger partial charge in [0, 0.05) is 11.5 Å². The molecule has 0 saturated carbocycles. The lowest BCUT2D eigenvalue weighted by molar-refractivity contribution is -0.463. The first-order valence-corrected chi connectivity index (χ1v) is 2.93. The molecule has 0 aromatic rings. The maximum Gasteiger partial charge on any atom is 0.241 e. The molecule has 0 aromatic heterocycles. The highest BCUT2D eigenvalue weighted by Crippen LogP contribution is 2.02. The summed E-state index contributed by atoms with van der Waals surface area (Å²) >= 11 is 0. The summed E-state index contributed by atoms with van der Waals surface area (Å²) in [5.74, 6) is 0. The Morgan fingerprint density at radius 3 is 3.00 bits per heavy atom. The lowest BCUT2D eigenvalue weighted by atomic mass is 10.2. The van der Waals surface area contributed by atoms with E-state index in [2.05, 4.69) is 4.99 Å². The summed E-state index contributed by atoms with van der Waals surface area (Å²) in [6.45, 7) is 0.725. The van der Waals surface area contributed by atoms with E-state index >= 15 is 0 Å². The maximum absolute atomic E-state index is 9.88. The zero-order valence-corrected chi connectivity index (χ0v) is 5.04. The van der Waals surface area contributed by atoms with Gasteiger partial charge in [-0.1, -0.05) is 0 Å². The topological polar surface area (TPSA) is 55.5 Å². The summed E-state index contributed by atoms with van der Waals surface area (Å²) in [7, 11) is 0. The first-order valence-electron chi connectivity index (χ1n) is 2.93. The summed E-state index contributed by atoms with van der Waals surface area (Å²) in [4.78, 5) is 13.5. The molecule has 4 nitrogen and oxygen atoms in total. The standard InChI is InChI=1S/C5H8N2O2/c8-7(9)4-5-2-1-3-6-5/h1-4H2. The Labute approximate surface area is 52.7 Å². The van der Waals surface area contributed by atoms with Gasteiger partial charge in [0.15, 0.2) is 0 Å². The molecule has 1 aliphatic rings. The third kappa shape index (κ3) is 1.79. The van der Waals surface area contributed by atoms with Crippen LogP contribution in [-0.2, 0) is 0 Å². The number of hydrogen-bond acceptors (Lipinski definition) is 3.